The third-order valence-corrected chi connectivity index (χ3v) is 2.94. The molecule has 0 saturated carbocycles. The van der Waals surface area contributed by atoms with Crippen molar-refractivity contribution in [1.82, 2.24) is 15.6 Å². The first-order valence-electron chi connectivity index (χ1n) is 7.12. The smallest absolute Gasteiger partial charge is 0.417 e. The molecular weight excluding hydrogens is 325 g/mol. The Morgan fingerprint density at radius 2 is 2.12 bits per heavy atom. The largest absolute Gasteiger partial charge is 0.476 e. The Balaban J connectivity index is 1.69. The Labute approximate surface area is 136 Å². The molecule has 0 amide bonds. The van der Waals surface area contributed by atoms with E-state index < -0.39 is 11.7 Å². The molecule has 0 aliphatic heterocycles. The van der Waals surface area contributed by atoms with Gasteiger partial charge in [0.05, 0.1) is 24.9 Å². The first-order valence-corrected chi connectivity index (χ1v) is 7.12. The first kappa shape index (κ1) is 17.6. The summed E-state index contributed by atoms with van der Waals surface area (Å²) < 4.78 is 47.7. The number of pyridine rings is 1. The van der Waals surface area contributed by atoms with Gasteiger partial charge in [0.25, 0.3) is 0 Å². The fourth-order valence-electron chi connectivity index (χ4n) is 1.76. The van der Waals surface area contributed by atoms with Gasteiger partial charge in [0.1, 0.15) is 12.4 Å². The van der Waals surface area contributed by atoms with Crippen LogP contribution in [0.15, 0.2) is 46.1 Å². The van der Waals surface area contributed by atoms with Crippen LogP contribution in [0, 0.1) is 0 Å². The number of nitrogens with zero attached hydrogens (tertiary/aromatic N) is 2. The Morgan fingerprint density at radius 1 is 1.29 bits per heavy atom. The Bertz CT molecular complexity index is 640. The van der Waals surface area contributed by atoms with Crippen LogP contribution in [0.25, 0.3) is 0 Å². The van der Waals surface area contributed by atoms with Crippen LogP contribution in [0.2, 0.25) is 0 Å². The lowest BCUT2D eigenvalue weighted by Gasteiger charge is -2.12. The standard InChI is InChI=1S/C15H17F3N4O2/c1-19-14(22-10-12-3-2-7-23-12)20-6-8-24-13-5-4-11(9-21-13)15(16,17)18/h2-5,7,9H,6,8,10H2,1H3,(H2,19,20,22). The van der Waals surface area contributed by atoms with Crippen molar-refractivity contribution in [3.8, 4) is 5.88 Å². The van der Waals surface area contributed by atoms with Crippen LogP contribution in [0.3, 0.4) is 0 Å². The molecular formula is C15H17F3N4O2. The summed E-state index contributed by atoms with van der Waals surface area (Å²) in [5.41, 5.74) is -0.810. The average molecular weight is 342 g/mol. The molecule has 0 aliphatic carbocycles. The summed E-state index contributed by atoms with van der Waals surface area (Å²) in [5.74, 6) is 1.45. The average Bonchev–Trinajstić information content (AvgIpc) is 3.07. The first-order chi connectivity index (χ1) is 11.5. The van der Waals surface area contributed by atoms with Gasteiger partial charge in [0.2, 0.25) is 5.88 Å². The van der Waals surface area contributed by atoms with Gasteiger partial charge in [-0.25, -0.2) is 4.98 Å². The van der Waals surface area contributed by atoms with Crippen LogP contribution in [0.5, 0.6) is 5.88 Å². The molecule has 0 fully saturated rings. The highest BCUT2D eigenvalue weighted by Gasteiger charge is 2.30. The van der Waals surface area contributed by atoms with Crippen molar-refractivity contribution >= 4 is 5.96 Å². The molecule has 0 unspecified atom stereocenters. The third kappa shape index (κ3) is 5.49. The van der Waals surface area contributed by atoms with Gasteiger partial charge in [0.15, 0.2) is 5.96 Å². The van der Waals surface area contributed by atoms with E-state index in [2.05, 4.69) is 20.6 Å². The van der Waals surface area contributed by atoms with Crippen LogP contribution < -0.4 is 15.4 Å². The molecule has 130 valence electrons. The van der Waals surface area contributed by atoms with E-state index in [-0.39, 0.29) is 12.5 Å². The molecule has 6 nitrogen and oxygen atoms in total. The number of furan rings is 1. The predicted molar refractivity (Wildman–Crippen MR) is 81.6 cm³/mol. The molecule has 24 heavy (non-hydrogen) atoms. The van der Waals surface area contributed by atoms with Gasteiger partial charge in [-0.2, -0.15) is 13.2 Å². The fraction of sp³-hybridized carbons (Fsp3) is 0.333. The fourth-order valence-corrected chi connectivity index (χ4v) is 1.76. The van der Waals surface area contributed by atoms with Crippen LogP contribution in [0.1, 0.15) is 11.3 Å². The zero-order valence-corrected chi connectivity index (χ0v) is 12.9. The van der Waals surface area contributed by atoms with Gasteiger partial charge in [-0.1, -0.05) is 0 Å². The minimum atomic E-state index is -4.40. The molecule has 0 bridgehead atoms. The summed E-state index contributed by atoms with van der Waals surface area (Å²) in [5, 5.41) is 6.05. The number of aromatic nitrogens is 1. The lowest BCUT2D eigenvalue weighted by Crippen LogP contribution is -2.38. The highest BCUT2D eigenvalue weighted by molar-refractivity contribution is 5.79. The van der Waals surface area contributed by atoms with Crippen LogP contribution in [-0.4, -0.2) is 31.1 Å². The molecule has 0 spiro atoms. The van der Waals surface area contributed by atoms with Crippen LogP contribution in [0.4, 0.5) is 13.2 Å². The monoisotopic (exact) mass is 342 g/mol. The number of ether oxygens (including phenoxy) is 1. The van der Waals surface area contributed by atoms with Gasteiger partial charge in [0, 0.05) is 19.3 Å². The minimum Gasteiger partial charge on any atom is -0.476 e. The molecule has 2 aromatic rings. The van der Waals surface area contributed by atoms with Crippen molar-refractivity contribution < 1.29 is 22.3 Å². The highest BCUT2D eigenvalue weighted by Crippen LogP contribution is 2.29. The zero-order chi connectivity index (χ0) is 17.4. The van der Waals surface area contributed by atoms with Gasteiger partial charge >= 0.3 is 6.18 Å². The minimum absolute atomic E-state index is 0.128. The molecule has 0 radical (unpaired) electrons. The van der Waals surface area contributed by atoms with Crippen molar-refractivity contribution in [1.29, 1.82) is 0 Å². The second kappa shape index (κ2) is 8.23. The summed E-state index contributed by atoms with van der Waals surface area (Å²) in [6.45, 7) is 1.11. The molecule has 2 aromatic heterocycles. The van der Waals surface area contributed by atoms with E-state index in [1.165, 1.54) is 6.07 Å². The van der Waals surface area contributed by atoms with Gasteiger partial charge in [-0.15, -0.1) is 0 Å². The van der Waals surface area contributed by atoms with E-state index in [0.717, 1.165) is 18.0 Å². The SMILES string of the molecule is CN=C(NCCOc1ccc(C(F)(F)F)cn1)NCc1ccco1. The second-order valence-corrected chi connectivity index (χ2v) is 4.66. The number of alkyl halides is 3. The molecule has 0 saturated heterocycles. The number of hydrogen-bond donors (Lipinski definition) is 2. The molecule has 2 N–H and O–H groups in total. The molecule has 2 heterocycles. The van der Waals surface area contributed by atoms with E-state index in [4.69, 9.17) is 9.15 Å². The number of hydrogen-bond acceptors (Lipinski definition) is 4. The molecule has 0 aromatic carbocycles. The molecule has 2 rings (SSSR count). The van der Waals surface area contributed by atoms with E-state index in [9.17, 15) is 13.2 Å². The normalized spacial score (nSPS) is 12.1. The molecule has 0 aliphatic rings. The number of nitrogens with one attached hydrogen (secondary N) is 2. The van der Waals surface area contributed by atoms with Gasteiger partial charge in [-0.3, -0.25) is 4.99 Å². The van der Waals surface area contributed by atoms with Crippen LogP contribution in [-0.2, 0) is 12.7 Å². The molecule has 9 heteroatoms. The summed E-state index contributed by atoms with van der Waals surface area (Å²) in [6, 6.07) is 5.74. The van der Waals surface area contributed by atoms with Crippen molar-refractivity contribution in [2.24, 2.45) is 4.99 Å². The number of rotatable bonds is 6. The maximum absolute atomic E-state index is 12.4. The van der Waals surface area contributed by atoms with E-state index in [1.807, 2.05) is 6.07 Å². The number of halogens is 3. The van der Waals surface area contributed by atoms with Crippen molar-refractivity contribution in [3.63, 3.8) is 0 Å². The third-order valence-electron chi connectivity index (χ3n) is 2.94. The summed E-state index contributed by atoms with van der Waals surface area (Å²) in [4.78, 5) is 7.65. The Hall–Kier alpha value is -2.71. The summed E-state index contributed by atoms with van der Waals surface area (Å²) >= 11 is 0. The summed E-state index contributed by atoms with van der Waals surface area (Å²) in [6.07, 6.45) is -2.08. The van der Waals surface area contributed by atoms with Crippen molar-refractivity contribution in [2.45, 2.75) is 12.7 Å². The number of guanidine groups is 1. The van der Waals surface area contributed by atoms with E-state index in [1.54, 1.807) is 19.4 Å². The quantitative estimate of drug-likeness (QED) is 0.479. The van der Waals surface area contributed by atoms with Crippen LogP contribution >= 0.6 is 0 Å². The highest BCUT2D eigenvalue weighted by atomic mass is 19.4. The predicted octanol–water partition coefficient (Wildman–Crippen LogP) is 2.44. The molecule has 0 atom stereocenters. The number of aliphatic imine (C=N–C) groups is 1. The zero-order valence-electron chi connectivity index (χ0n) is 12.9. The maximum atomic E-state index is 12.4. The summed E-state index contributed by atoms with van der Waals surface area (Å²) in [7, 11) is 1.62. The lowest BCUT2D eigenvalue weighted by atomic mass is 10.3. The van der Waals surface area contributed by atoms with Crippen molar-refractivity contribution in [3.05, 3.63) is 48.0 Å². The topological polar surface area (TPSA) is 71.7 Å². The Kier molecular flexibility index (Phi) is 6.05. The lowest BCUT2D eigenvalue weighted by molar-refractivity contribution is -0.137. The Morgan fingerprint density at radius 3 is 2.71 bits per heavy atom. The maximum Gasteiger partial charge on any atom is 0.417 e. The van der Waals surface area contributed by atoms with Gasteiger partial charge in [-0.05, 0) is 18.2 Å². The van der Waals surface area contributed by atoms with E-state index in [0.29, 0.717) is 19.0 Å². The van der Waals surface area contributed by atoms with E-state index >= 15 is 0 Å². The second-order valence-electron chi connectivity index (χ2n) is 4.66. The van der Waals surface area contributed by atoms with Gasteiger partial charge < -0.3 is 19.8 Å². The van der Waals surface area contributed by atoms with Crippen molar-refractivity contribution in [2.75, 3.05) is 20.2 Å².